The predicted molar refractivity (Wildman–Crippen MR) is 84.1 cm³/mol. The number of benzene rings is 1. The lowest BCUT2D eigenvalue weighted by atomic mass is 10.1. The molecule has 0 aliphatic carbocycles. The molecule has 0 aliphatic heterocycles. The van der Waals surface area contributed by atoms with E-state index >= 15 is 0 Å². The number of amides is 2. The number of rotatable bonds is 5. The first-order valence-corrected chi connectivity index (χ1v) is 7.25. The fourth-order valence-electron chi connectivity index (χ4n) is 2.01. The zero-order valence-electron chi connectivity index (χ0n) is 11.8. The number of hydrogen-bond donors (Lipinski definition) is 2. The van der Waals surface area contributed by atoms with Gasteiger partial charge in [0.15, 0.2) is 0 Å². The molecule has 0 spiro atoms. The van der Waals surface area contributed by atoms with Gasteiger partial charge in [-0.3, -0.25) is 4.98 Å². The third-order valence-electron chi connectivity index (χ3n) is 3.16. The highest BCUT2D eigenvalue weighted by molar-refractivity contribution is 6.30. The van der Waals surface area contributed by atoms with Gasteiger partial charge in [0.05, 0.1) is 6.04 Å². The van der Waals surface area contributed by atoms with Crippen LogP contribution in [0.4, 0.5) is 4.79 Å². The van der Waals surface area contributed by atoms with Crippen molar-refractivity contribution in [3.63, 3.8) is 0 Å². The summed E-state index contributed by atoms with van der Waals surface area (Å²) in [6.45, 7) is 2.48. The van der Waals surface area contributed by atoms with Crippen LogP contribution in [0.2, 0.25) is 5.02 Å². The second kappa shape index (κ2) is 7.64. The quantitative estimate of drug-likeness (QED) is 0.885. The fourth-order valence-corrected chi connectivity index (χ4v) is 2.14. The van der Waals surface area contributed by atoms with Crippen molar-refractivity contribution < 1.29 is 4.79 Å². The van der Waals surface area contributed by atoms with Gasteiger partial charge >= 0.3 is 6.03 Å². The average Bonchev–Trinajstić information content (AvgIpc) is 2.52. The summed E-state index contributed by atoms with van der Waals surface area (Å²) in [7, 11) is 0. The Morgan fingerprint density at radius 1 is 1.29 bits per heavy atom. The number of halogens is 1. The summed E-state index contributed by atoms with van der Waals surface area (Å²) in [4.78, 5) is 16.0. The molecule has 0 fully saturated rings. The number of hydrogen-bond acceptors (Lipinski definition) is 2. The molecule has 2 rings (SSSR count). The number of carbonyl (C=O) groups is 1. The van der Waals surface area contributed by atoms with Crippen LogP contribution in [0.3, 0.4) is 0 Å². The van der Waals surface area contributed by atoms with Gasteiger partial charge in [-0.1, -0.05) is 36.7 Å². The Labute approximate surface area is 129 Å². The number of urea groups is 1. The predicted octanol–water partition coefficient (Wildman–Crippen LogP) is 3.69. The molecular formula is C16H18ClN3O. The first-order valence-electron chi connectivity index (χ1n) is 6.87. The van der Waals surface area contributed by atoms with Crippen LogP contribution in [-0.2, 0) is 6.54 Å². The molecule has 0 unspecified atom stereocenters. The minimum absolute atomic E-state index is 0.0313. The number of nitrogens with one attached hydrogen (secondary N) is 2. The van der Waals surface area contributed by atoms with Crippen LogP contribution in [0.25, 0.3) is 0 Å². The van der Waals surface area contributed by atoms with E-state index in [0.717, 1.165) is 17.5 Å². The minimum Gasteiger partial charge on any atom is -0.334 e. The van der Waals surface area contributed by atoms with E-state index in [9.17, 15) is 4.79 Å². The Morgan fingerprint density at radius 2 is 2.05 bits per heavy atom. The van der Waals surface area contributed by atoms with E-state index in [1.165, 1.54) is 0 Å². The highest BCUT2D eigenvalue weighted by Crippen LogP contribution is 2.18. The number of carbonyl (C=O) groups excluding carboxylic acids is 1. The van der Waals surface area contributed by atoms with E-state index in [1.54, 1.807) is 12.4 Å². The van der Waals surface area contributed by atoms with Crippen molar-refractivity contribution in [3.05, 3.63) is 64.9 Å². The summed E-state index contributed by atoms with van der Waals surface area (Å²) in [6, 6.07) is 11.1. The summed E-state index contributed by atoms with van der Waals surface area (Å²) in [5, 5.41) is 6.48. The zero-order valence-corrected chi connectivity index (χ0v) is 12.6. The number of nitrogens with zero attached hydrogens (tertiary/aromatic N) is 1. The highest BCUT2D eigenvalue weighted by Gasteiger charge is 2.12. The molecule has 2 aromatic rings. The maximum Gasteiger partial charge on any atom is 0.315 e. The van der Waals surface area contributed by atoms with E-state index in [2.05, 4.69) is 15.6 Å². The number of aromatic nitrogens is 1. The number of pyridine rings is 1. The maximum absolute atomic E-state index is 12.0. The summed E-state index contributed by atoms with van der Waals surface area (Å²) in [6.07, 6.45) is 4.25. The smallest absolute Gasteiger partial charge is 0.315 e. The van der Waals surface area contributed by atoms with Gasteiger partial charge in [0.2, 0.25) is 0 Å². The Hall–Kier alpha value is -2.07. The maximum atomic E-state index is 12.0. The summed E-state index contributed by atoms with van der Waals surface area (Å²) < 4.78 is 0. The summed E-state index contributed by atoms with van der Waals surface area (Å²) in [5.74, 6) is 0. The van der Waals surface area contributed by atoms with Crippen LogP contribution in [0.15, 0.2) is 48.8 Å². The van der Waals surface area contributed by atoms with Crippen molar-refractivity contribution in [1.82, 2.24) is 15.6 Å². The molecule has 2 amide bonds. The Balaban J connectivity index is 1.89. The second-order valence-electron chi connectivity index (χ2n) is 4.70. The van der Waals surface area contributed by atoms with Gasteiger partial charge in [0.25, 0.3) is 0 Å². The molecule has 2 N–H and O–H groups in total. The summed E-state index contributed by atoms with van der Waals surface area (Å²) >= 11 is 5.88. The monoisotopic (exact) mass is 303 g/mol. The molecule has 1 aromatic carbocycles. The van der Waals surface area contributed by atoms with E-state index in [1.807, 2.05) is 43.3 Å². The topological polar surface area (TPSA) is 54.0 Å². The van der Waals surface area contributed by atoms with Crippen molar-refractivity contribution in [2.45, 2.75) is 25.9 Å². The zero-order chi connectivity index (χ0) is 15.1. The lowest BCUT2D eigenvalue weighted by Gasteiger charge is -2.18. The molecule has 0 bridgehead atoms. The molecule has 21 heavy (non-hydrogen) atoms. The standard InChI is InChI=1S/C16H18ClN3O/c1-2-15(13-5-7-14(17)8-6-13)20-16(21)19-11-12-4-3-9-18-10-12/h3-10,15H,2,11H2,1H3,(H2,19,20,21)/t15-/m1/s1. The van der Waals surface area contributed by atoms with Crippen LogP contribution in [-0.4, -0.2) is 11.0 Å². The molecule has 1 atom stereocenters. The summed E-state index contributed by atoms with van der Waals surface area (Å²) in [5.41, 5.74) is 2.01. The van der Waals surface area contributed by atoms with Crippen LogP contribution >= 0.6 is 11.6 Å². The fraction of sp³-hybridized carbons (Fsp3) is 0.250. The van der Waals surface area contributed by atoms with Crippen molar-refractivity contribution in [1.29, 1.82) is 0 Å². The van der Waals surface area contributed by atoms with Gasteiger partial charge in [-0.2, -0.15) is 0 Å². The molecule has 0 aliphatic rings. The van der Waals surface area contributed by atoms with E-state index in [-0.39, 0.29) is 12.1 Å². The van der Waals surface area contributed by atoms with Crippen molar-refractivity contribution in [2.24, 2.45) is 0 Å². The first kappa shape index (κ1) is 15.3. The van der Waals surface area contributed by atoms with E-state index < -0.39 is 0 Å². The molecule has 1 aromatic heterocycles. The lowest BCUT2D eigenvalue weighted by molar-refractivity contribution is 0.236. The SMILES string of the molecule is CC[C@@H](NC(=O)NCc1cccnc1)c1ccc(Cl)cc1. The minimum atomic E-state index is -0.194. The van der Waals surface area contributed by atoms with Gasteiger partial charge in [0, 0.05) is 24.0 Å². The molecule has 0 radical (unpaired) electrons. The highest BCUT2D eigenvalue weighted by atomic mass is 35.5. The molecule has 110 valence electrons. The van der Waals surface area contributed by atoms with Gasteiger partial charge < -0.3 is 10.6 Å². The molecule has 4 nitrogen and oxygen atoms in total. The lowest BCUT2D eigenvalue weighted by Crippen LogP contribution is -2.37. The van der Waals surface area contributed by atoms with Crippen molar-refractivity contribution in [2.75, 3.05) is 0 Å². The van der Waals surface area contributed by atoms with E-state index in [4.69, 9.17) is 11.6 Å². The third kappa shape index (κ3) is 4.76. The Kier molecular flexibility index (Phi) is 5.58. The van der Waals surface area contributed by atoms with Gasteiger partial charge in [-0.05, 0) is 35.7 Å². The van der Waals surface area contributed by atoms with Crippen LogP contribution in [0.5, 0.6) is 0 Å². The second-order valence-corrected chi connectivity index (χ2v) is 5.14. The third-order valence-corrected chi connectivity index (χ3v) is 3.41. The van der Waals surface area contributed by atoms with Crippen LogP contribution in [0.1, 0.15) is 30.5 Å². The first-order chi connectivity index (χ1) is 10.2. The van der Waals surface area contributed by atoms with Crippen molar-refractivity contribution in [3.8, 4) is 0 Å². The van der Waals surface area contributed by atoms with Gasteiger partial charge in [-0.15, -0.1) is 0 Å². The molecule has 0 saturated carbocycles. The molecule has 0 saturated heterocycles. The molecular weight excluding hydrogens is 286 g/mol. The van der Waals surface area contributed by atoms with Crippen LogP contribution < -0.4 is 10.6 Å². The normalized spacial score (nSPS) is 11.7. The van der Waals surface area contributed by atoms with Gasteiger partial charge in [-0.25, -0.2) is 4.79 Å². The molecule has 1 heterocycles. The molecule has 5 heteroatoms. The Bertz CT molecular complexity index is 572. The largest absolute Gasteiger partial charge is 0.334 e. The average molecular weight is 304 g/mol. The van der Waals surface area contributed by atoms with E-state index in [0.29, 0.717) is 11.6 Å². The van der Waals surface area contributed by atoms with Crippen LogP contribution in [0, 0.1) is 0 Å². The Morgan fingerprint density at radius 3 is 2.67 bits per heavy atom. The van der Waals surface area contributed by atoms with Gasteiger partial charge in [0.1, 0.15) is 0 Å². The van der Waals surface area contributed by atoms with Crippen molar-refractivity contribution >= 4 is 17.6 Å².